The number of carbonyl (C=O) groups is 2. The predicted octanol–water partition coefficient (Wildman–Crippen LogP) is 4.90. The van der Waals surface area contributed by atoms with Gasteiger partial charge in [-0.1, -0.05) is 0 Å². The Morgan fingerprint density at radius 1 is 1.00 bits per heavy atom. The number of aromatic nitrogens is 4. The average molecular weight is 592 g/mol. The molecular formula is C23H38N5O9PS. The lowest BCUT2D eigenvalue weighted by atomic mass is 10.2. The number of hydrogen-bond acceptors (Lipinski definition) is 13. The number of hydrogen-bond donors (Lipinski definition) is 0. The first-order valence-electron chi connectivity index (χ1n) is 12.3. The number of ether oxygens (including phenoxy) is 3. The Hall–Kier alpha value is -2.61. The zero-order valence-electron chi connectivity index (χ0n) is 23.9. The quantitative estimate of drug-likeness (QED) is 0.243. The van der Waals surface area contributed by atoms with Crippen LogP contribution in [0.25, 0.3) is 11.2 Å². The van der Waals surface area contributed by atoms with Crippen molar-refractivity contribution in [3.8, 4) is 5.88 Å². The van der Waals surface area contributed by atoms with Crippen LogP contribution in [0.2, 0.25) is 0 Å². The number of methoxy groups -OCH3 is 1. The lowest BCUT2D eigenvalue weighted by Crippen LogP contribution is -2.44. The minimum atomic E-state index is -3.18. The van der Waals surface area contributed by atoms with Crippen molar-refractivity contribution in [3.05, 3.63) is 6.33 Å². The summed E-state index contributed by atoms with van der Waals surface area (Å²) < 4.78 is 40.6. The highest BCUT2D eigenvalue weighted by Crippen LogP contribution is 2.50. The van der Waals surface area contributed by atoms with Crippen molar-refractivity contribution in [2.75, 3.05) is 43.1 Å². The first-order chi connectivity index (χ1) is 18.1. The van der Waals surface area contributed by atoms with Crippen molar-refractivity contribution in [1.29, 1.82) is 0 Å². The summed E-state index contributed by atoms with van der Waals surface area (Å²) in [5.41, 5.74) is -1.29. The highest BCUT2D eigenvalue weighted by molar-refractivity contribution is 8.04. The minimum Gasteiger partial charge on any atom is -0.479 e. The van der Waals surface area contributed by atoms with Gasteiger partial charge in [0.25, 0.3) is 0 Å². The van der Waals surface area contributed by atoms with Gasteiger partial charge in [0, 0.05) is 5.75 Å². The number of imidazole rings is 1. The smallest absolute Gasteiger partial charge is 0.427 e. The maximum atomic E-state index is 13.0. The van der Waals surface area contributed by atoms with Crippen molar-refractivity contribution >= 4 is 48.7 Å². The molecule has 0 bridgehead atoms. The Labute approximate surface area is 232 Å². The van der Waals surface area contributed by atoms with Gasteiger partial charge < -0.3 is 28.1 Å². The first kappa shape index (κ1) is 32.6. The van der Waals surface area contributed by atoms with E-state index in [1.165, 1.54) is 29.9 Å². The van der Waals surface area contributed by atoms with Gasteiger partial charge in [0.2, 0.25) is 17.5 Å². The van der Waals surface area contributed by atoms with Crippen molar-refractivity contribution in [1.82, 2.24) is 19.7 Å². The third-order valence-electron chi connectivity index (χ3n) is 4.23. The molecule has 0 aliphatic rings. The van der Waals surface area contributed by atoms with Gasteiger partial charge in [-0.3, -0.25) is 4.57 Å². The summed E-state index contributed by atoms with van der Waals surface area (Å²) in [6.45, 7) is 14.2. The zero-order valence-corrected chi connectivity index (χ0v) is 25.6. The Morgan fingerprint density at radius 2 is 1.56 bits per heavy atom. The van der Waals surface area contributed by atoms with E-state index in [9.17, 15) is 14.2 Å². The van der Waals surface area contributed by atoms with Gasteiger partial charge in [0.1, 0.15) is 24.1 Å². The summed E-state index contributed by atoms with van der Waals surface area (Å²) >= 11 is 1.34. The second-order valence-corrected chi connectivity index (χ2v) is 13.5. The normalized spacial score (nSPS) is 12.3. The van der Waals surface area contributed by atoms with Crippen LogP contribution >= 0.6 is 19.4 Å². The van der Waals surface area contributed by atoms with E-state index in [1.807, 2.05) is 0 Å². The van der Waals surface area contributed by atoms with Gasteiger partial charge in [-0.15, -0.1) is 16.7 Å². The molecule has 0 aromatic carbocycles. The first-order valence-corrected chi connectivity index (χ1v) is 15.2. The molecule has 2 rings (SSSR count). The molecule has 2 aromatic heterocycles. The Bertz CT molecular complexity index is 1140. The fourth-order valence-electron chi connectivity index (χ4n) is 2.91. The number of carbonyl (C=O) groups excluding carboxylic acids is 2. The standard InChI is InChI=1S/C23H38N5O9PS/c1-10-34-38(31,35-11-2)15-39-13-12-33-27-14-24-16-17(27)25-19(26-18(16)32-9)28(20(29)36-22(3,4)5)21(30)37-23(6,7)8/h14H,10-13,15H2,1-9H3. The van der Waals surface area contributed by atoms with E-state index in [2.05, 4.69) is 15.0 Å². The van der Waals surface area contributed by atoms with E-state index >= 15 is 0 Å². The van der Waals surface area contributed by atoms with Crippen LogP contribution in [0.5, 0.6) is 5.88 Å². The summed E-state index contributed by atoms with van der Waals surface area (Å²) in [7, 11) is -1.81. The Balaban J connectivity index is 2.32. The molecule has 0 saturated carbocycles. The van der Waals surface area contributed by atoms with Crippen molar-refractivity contribution in [2.45, 2.75) is 66.6 Å². The lowest BCUT2D eigenvalue weighted by Gasteiger charge is -2.27. The highest BCUT2D eigenvalue weighted by Gasteiger charge is 2.36. The molecule has 0 N–H and O–H groups in total. The highest BCUT2D eigenvalue weighted by atomic mass is 32.2. The van der Waals surface area contributed by atoms with E-state index < -0.39 is 31.0 Å². The second kappa shape index (κ2) is 13.6. The monoisotopic (exact) mass is 591 g/mol. The SMILES string of the molecule is CCOP(=O)(CSCCOn1cnc2c(OC)nc(N(C(=O)OC(C)(C)C)C(=O)OC(C)(C)C)nc21)OCC. The number of rotatable bonds is 12. The summed E-state index contributed by atoms with van der Waals surface area (Å²) in [5, 5.41) is 0. The molecule has 0 radical (unpaired) electrons. The topological polar surface area (TPSA) is 153 Å². The molecule has 220 valence electrons. The maximum absolute atomic E-state index is 13.0. The molecule has 2 aromatic rings. The third-order valence-corrected chi connectivity index (χ3v) is 7.98. The van der Waals surface area contributed by atoms with Crippen molar-refractivity contribution < 1.29 is 42.2 Å². The van der Waals surface area contributed by atoms with Crippen LogP contribution in [-0.4, -0.2) is 81.2 Å². The van der Waals surface area contributed by atoms with E-state index in [0.717, 1.165) is 0 Å². The number of thioether (sulfide) groups is 1. The van der Waals surface area contributed by atoms with Crippen LogP contribution in [0.3, 0.4) is 0 Å². The molecule has 0 fully saturated rings. The van der Waals surface area contributed by atoms with Gasteiger partial charge in [-0.25, -0.2) is 14.6 Å². The molecule has 0 unspecified atom stereocenters. The summed E-state index contributed by atoms with van der Waals surface area (Å²) in [6, 6.07) is 0. The molecule has 0 saturated heterocycles. The number of anilines is 1. The Kier molecular flexibility index (Phi) is 11.4. The third kappa shape index (κ3) is 9.82. The lowest BCUT2D eigenvalue weighted by molar-refractivity contribution is 0.0427. The summed E-state index contributed by atoms with van der Waals surface area (Å²) in [4.78, 5) is 45.2. The maximum Gasteiger partial charge on any atom is 0.427 e. The molecule has 0 atom stereocenters. The fraction of sp³-hybridized carbons (Fsp3) is 0.696. The van der Waals surface area contributed by atoms with Crippen LogP contribution in [0.4, 0.5) is 15.5 Å². The summed E-state index contributed by atoms with van der Waals surface area (Å²) in [6.07, 6.45) is -0.712. The van der Waals surface area contributed by atoms with E-state index in [0.29, 0.717) is 10.7 Å². The van der Waals surface area contributed by atoms with Crippen LogP contribution < -0.4 is 14.5 Å². The van der Waals surface area contributed by atoms with Gasteiger partial charge in [-0.05, 0) is 55.4 Å². The number of imide groups is 1. The molecule has 16 heteroatoms. The van der Waals surface area contributed by atoms with Crippen LogP contribution in [0.15, 0.2) is 6.33 Å². The van der Waals surface area contributed by atoms with Crippen LogP contribution in [-0.2, 0) is 23.1 Å². The second-order valence-electron chi connectivity index (χ2n) is 9.89. The molecule has 14 nitrogen and oxygen atoms in total. The molecule has 39 heavy (non-hydrogen) atoms. The van der Waals surface area contributed by atoms with Gasteiger partial charge in [0.05, 0.1) is 25.8 Å². The fourth-order valence-corrected chi connectivity index (χ4v) is 5.97. The average Bonchev–Trinajstić information content (AvgIpc) is 3.19. The summed E-state index contributed by atoms with van der Waals surface area (Å²) in [5.74, 6) is 0.0936. The van der Waals surface area contributed by atoms with E-state index in [1.54, 1.807) is 55.4 Å². The molecule has 0 aliphatic heterocycles. The van der Waals surface area contributed by atoms with E-state index in [4.69, 9.17) is 28.1 Å². The largest absolute Gasteiger partial charge is 0.479 e. The van der Waals surface area contributed by atoms with E-state index in [-0.39, 0.29) is 48.3 Å². The number of amides is 2. The van der Waals surface area contributed by atoms with Crippen LogP contribution in [0, 0.1) is 0 Å². The van der Waals surface area contributed by atoms with Crippen LogP contribution in [0.1, 0.15) is 55.4 Å². The molecular weight excluding hydrogens is 553 g/mol. The zero-order chi connectivity index (χ0) is 29.4. The molecule has 2 amide bonds. The van der Waals surface area contributed by atoms with Crippen molar-refractivity contribution in [3.63, 3.8) is 0 Å². The number of nitrogens with zero attached hydrogens (tertiary/aromatic N) is 5. The Morgan fingerprint density at radius 3 is 2.05 bits per heavy atom. The van der Waals surface area contributed by atoms with Gasteiger partial charge in [0.15, 0.2) is 5.52 Å². The minimum absolute atomic E-state index is 0.00166. The number of fused-ring (bicyclic) bond motifs is 1. The predicted molar refractivity (Wildman–Crippen MR) is 146 cm³/mol. The molecule has 0 aliphatic carbocycles. The van der Waals surface area contributed by atoms with Gasteiger partial charge >= 0.3 is 19.8 Å². The van der Waals surface area contributed by atoms with Gasteiger partial charge in [-0.2, -0.15) is 14.7 Å². The molecule has 0 spiro atoms. The molecule has 2 heterocycles. The van der Waals surface area contributed by atoms with Crippen molar-refractivity contribution in [2.24, 2.45) is 0 Å².